The molecule has 2 unspecified atom stereocenters. The first-order valence-electron chi connectivity index (χ1n) is 8.35. The molecule has 0 aromatic heterocycles. The van der Waals surface area contributed by atoms with Gasteiger partial charge in [0, 0.05) is 5.02 Å². The molecule has 0 heterocycles. The summed E-state index contributed by atoms with van der Waals surface area (Å²) in [6.45, 7) is 6.03. The van der Waals surface area contributed by atoms with Gasteiger partial charge in [0.05, 0.1) is 6.04 Å². The minimum Gasteiger partial charge on any atom is -0.481 e. The maximum absolute atomic E-state index is 12.5. The Morgan fingerprint density at radius 2 is 1.88 bits per heavy atom. The van der Waals surface area contributed by atoms with Gasteiger partial charge in [0.25, 0.3) is 5.91 Å². The average Bonchev–Trinajstić information content (AvgIpc) is 2.59. The van der Waals surface area contributed by atoms with E-state index >= 15 is 0 Å². The van der Waals surface area contributed by atoms with Crippen molar-refractivity contribution in [1.29, 1.82) is 0 Å². The molecule has 0 aliphatic rings. The monoisotopic (exact) mass is 345 g/mol. The van der Waals surface area contributed by atoms with Gasteiger partial charge >= 0.3 is 0 Å². The van der Waals surface area contributed by atoms with Crippen molar-refractivity contribution < 1.29 is 9.53 Å². The number of hydrogen-bond acceptors (Lipinski definition) is 2. The lowest BCUT2D eigenvalue weighted by Crippen LogP contribution is -2.39. The molecule has 2 atom stereocenters. The van der Waals surface area contributed by atoms with Gasteiger partial charge in [-0.3, -0.25) is 4.79 Å². The molecule has 128 valence electrons. The van der Waals surface area contributed by atoms with Crippen LogP contribution in [0.25, 0.3) is 0 Å². The number of halogens is 1. The van der Waals surface area contributed by atoms with Gasteiger partial charge in [0.2, 0.25) is 0 Å². The van der Waals surface area contributed by atoms with Crippen LogP contribution in [-0.2, 0) is 11.2 Å². The number of nitrogens with one attached hydrogen (secondary N) is 1. The van der Waals surface area contributed by atoms with Gasteiger partial charge in [0.15, 0.2) is 6.10 Å². The Bertz CT molecular complexity index is 670. The van der Waals surface area contributed by atoms with Gasteiger partial charge in [0.1, 0.15) is 5.75 Å². The van der Waals surface area contributed by atoms with Crippen molar-refractivity contribution in [3.05, 3.63) is 64.7 Å². The quantitative estimate of drug-likeness (QED) is 0.772. The highest BCUT2D eigenvalue weighted by atomic mass is 35.5. The Kier molecular flexibility index (Phi) is 6.68. The normalized spacial score (nSPS) is 13.2. The summed E-state index contributed by atoms with van der Waals surface area (Å²) in [6.07, 6.45) is 1.05. The third kappa shape index (κ3) is 5.00. The van der Waals surface area contributed by atoms with Crippen LogP contribution in [0.5, 0.6) is 5.75 Å². The van der Waals surface area contributed by atoms with Crippen LogP contribution in [0.3, 0.4) is 0 Å². The van der Waals surface area contributed by atoms with Crippen molar-refractivity contribution in [2.24, 2.45) is 0 Å². The number of amides is 1. The van der Waals surface area contributed by atoms with E-state index in [2.05, 4.69) is 36.5 Å². The molecule has 0 fully saturated rings. The van der Waals surface area contributed by atoms with Crippen LogP contribution in [0.2, 0.25) is 5.02 Å². The predicted octanol–water partition coefficient (Wildman–Crippen LogP) is 4.94. The maximum atomic E-state index is 12.5. The maximum Gasteiger partial charge on any atom is 0.261 e. The molecular formula is C20H24ClNO2. The molecule has 3 nitrogen and oxygen atoms in total. The zero-order chi connectivity index (χ0) is 17.5. The summed E-state index contributed by atoms with van der Waals surface area (Å²) in [6, 6.07) is 15.3. The first-order chi connectivity index (χ1) is 11.5. The van der Waals surface area contributed by atoms with Crippen LogP contribution in [0.1, 0.15) is 44.4 Å². The number of aryl methyl sites for hydroxylation is 1. The summed E-state index contributed by atoms with van der Waals surface area (Å²) in [5.41, 5.74) is 2.37. The third-order valence-electron chi connectivity index (χ3n) is 3.98. The highest BCUT2D eigenvalue weighted by molar-refractivity contribution is 6.30. The minimum absolute atomic E-state index is 0.0691. The van der Waals surface area contributed by atoms with E-state index in [-0.39, 0.29) is 11.9 Å². The summed E-state index contributed by atoms with van der Waals surface area (Å²) < 4.78 is 5.78. The topological polar surface area (TPSA) is 38.3 Å². The van der Waals surface area contributed by atoms with Crippen molar-refractivity contribution in [3.63, 3.8) is 0 Å². The molecule has 2 aromatic carbocycles. The van der Waals surface area contributed by atoms with Crippen LogP contribution < -0.4 is 10.1 Å². The fourth-order valence-corrected chi connectivity index (χ4v) is 2.64. The van der Waals surface area contributed by atoms with E-state index in [1.165, 1.54) is 5.56 Å². The average molecular weight is 346 g/mol. The van der Waals surface area contributed by atoms with Gasteiger partial charge in [-0.25, -0.2) is 0 Å². The minimum atomic E-state index is -0.541. The highest BCUT2D eigenvalue weighted by Gasteiger charge is 2.20. The first kappa shape index (κ1) is 18.3. The first-order valence-corrected chi connectivity index (χ1v) is 8.72. The molecule has 0 spiro atoms. The summed E-state index contributed by atoms with van der Waals surface area (Å²) >= 11 is 5.96. The van der Waals surface area contributed by atoms with Crippen LogP contribution in [-0.4, -0.2) is 12.0 Å². The number of hydrogen-bond donors (Lipinski definition) is 1. The second-order valence-electron chi connectivity index (χ2n) is 5.80. The van der Waals surface area contributed by atoms with Crippen molar-refractivity contribution in [2.75, 3.05) is 0 Å². The standard InChI is InChI=1S/C20H24ClNO2/c1-4-15-9-11-16(12-10-15)14(3)22-20(23)19(5-2)24-18-8-6-7-17(21)13-18/h6-14,19H,4-5H2,1-3H3,(H,22,23). The summed E-state index contributed by atoms with van der Waals surface area (Å²) in [7, 11) is 0. The molecule has 1 amide bonds. The fourth-order valence-electron chi connectivity index (χ4n) is 2.46. The molecule has 24 heavy (non-hydrogen) atoms. The Morgan fingerprint density at radius 1 is 1.17 bits per heavy atom. The molecule has 0 saturated carbocycles. The predicted molar refractivity (Wildman–Crippen MR) is 98.5 cm³/mol. The van der Waals surface area contributed by atoms with Gasteiger partial charge < -0.3 is 10.1 Å². The van der Waals surface area contributed by atoms with Crippen LogP contribution >= 0.6 is 11.6 Å². The molecule has 2 rings (SSSR count). The molecule has 4 heteroatoms. The summed E-state index contributed by atoms with van der Waals surface area (Å²) in [5, 5.41) is 3.61. The molecule has 1 N–H and O–H groups in total. The Hall–Kier alpha value is -2.00. The zero-order valence-electron chi connectivity index (χ0n) is 14.4. The van der Waals surface area contributed by atoms with Crippen LogP contribution in [0.15, 0.2) is 48.5 Å². The van der Waals surface area contributed by atoms with E-state index < -0.39 is 6.10 Å². The number of rotatable bonds is 7. The van der Waals surface area contributed by atoms with Crippen LogP contribution in [0.4, 0.5) is 0 Å². The lowest BCUT2D eigenvalue weighted by atomic mass is 10.0. The van der Waals surface area contributed by atoms with Crippen LogP contribution in [0, 0.1) is 0 Å². The van der Waals surface area contributed by atoms with Gasteiger partial charge in [-0.1, -0.05) is 55.8 Å². The van der Waals surface area contributed by atoms with Gasteiger partial charge in [-0.15, -0.1) is 0 Å². The molecule has 0 aliphatic heterocycles. The Balaban J connectivity index is 1.99. The van der Waals surface area contributed by atoms with E-state index in [0.29, 0.717) is 17.2 Å². The fraction of sp³-hybridized carbons (Fsp3) is 0.350. The number of carbonyl (C=O) groups is 1. The molecule has 0 bridgehead atoms. The molecular weight excluding hydrogens is 322 g/mol. The largest absolute Gasteiger partial charge is 0.481 e. The van der Waals surface area contributed by atoms with Crippen molar-refractivity contribution >= 4 is 17.5 Å². The Labute approximate surface area is 149 Å². The lowest BCUT2D eigenvalue weighted by molar-refractivity contribution is -0.128. The summed E-state index contributed by atoms with van der Waals surface area (Å²) in [4.78, 5) is 12.5. The van der Waals surface area contributed by atoms with E-state index in [0.717, 1.165) is 12.0 Å². The van der Waals surface area contributed by atoms with Crippen molar-refractivity contribution in [2.45, 2.75) is 45.8 Å². The van der Waals surface area contributed by atoms with E-state index in [1.54, 1.807) is 24.3 Å². The lowest BCUT2D eigenvalue weighted by Gasteiger charge is -2.21. The molecule has 0 radical (unpaired) electrons. The number of ether oxygens (including phenoxy) is 1. The number of carbonyl (C=O) groups excluding carboxylic acids is 1. The molecule has 2 aromatic rings. The molecule has 0 aliphatic carbocycles. The smallest absolute Gasteiger partial charge is 0.261 e. The second-order valence-corrected chi connectivity index (χ2v) is 6.23. The van der Waals surface area contributed by atoms with Crippen molar-refractivity contribution in [3.8, 4) is 5.75 Å². The van der Waals surface area contributed by atoms with Gasteiger partial charge in [-0.2, -0.15) is 0 Å². The van der Waals surface area contributed by atoms with E-state index in [9.17, 15) is 4.79 Å². The Morgan fingerprint density at radius 3 is 2.46 bits per heavy atom. The third-order valence-corrected chi connectivity index (χ3v) is 4.22. The second kappa shape index (κ2) is 8.74. The highest BCUT2D eigenvalue weighted by Crippen LogP contribution is 2.20. The van der Waals surface area contributed by atoms with Crippen molar-refractivity contribution in [1.82, 2.24) is 5.32 Å². The summed E-state index contributed by atoms with van der Waals surface area (Å²) in [5.74, 6) is 0.481. The van der Waals surface area contributed by atoms with E-state index in [4.69, 9.17) is 16.3 Å². The van der Waals surface area contributed by atoms with E-state index in [1.807, 2.05) is 13.8 Å². The SMILES string of the molecule is CCc1ccc(C(C)NC(=O)C(CC)Oc2cccc(Cl)c2)cc1. The van der Waals surface area contributed by atoms with Gasteiger partial charge in [-0.05, 0) is 49.1 Å². The zero-order valence-corrected chi connectivity index (χ0v) is 15.1. The molecule has 0 saturated heterocycles. The number of benzene rings is 2.